The number of benzene rings is 2. The molecule has 1 unspecified atom stereocenters. The fourth-order valence-corrected chi connectivity index (χ4v) is 4.16. The number of nitrogens with two attached hydrogens (primary N) is 1. The molecule has 182 valence electrons. The summed E-state index contributed by atoms with van der Waals surface area (Å²) in [5, 5.41) is 7.94. The highest BCUT2D eigenvalue weighted by Gasteiger charge is 2.45. The smallest absolute Gasteiger partial charge is 0.264 e. The van der Waals surface area contributed by atoms with Crippen LogP contribution in [0.3, 0.4) is 0 Å². The van der Waals surface area contributed by atoms with Crippen molar-refractivity contribution in [3.8, 4) is 0 Å². The number of halogens is 1. The minimum atomic E-state index is -1.03. The number of imide groups is 2. The molecule has 0 aliphatic carbocycles. The number of nitrogens with one attached hydrogen (secondary N) is 3. The number of nitrogen functional groups attached to an aromatic ring is 1. The van der Waals surface area contributed by atoms with Gasteiger partial charge in [-0.2, -0.15) is 0 Å². The average molecular weight is 481 g/mol. The third-order valence-corrected chi connectivity index (χ3v) is 5.90. The van der Waals surface area contributed by atoms with E-state index in [0.29, 0.717) is 30.8 Å². The van der Waals surface area contributed by atoms with Gasteiger partial charge >= 0.3 is 0 Å². The quantitative estimate of drug-likeness (QED) is 0.256. The summed E-state index contributed by atoms with van der Waals surface area (Å²) < 4.78 is 13.1. The molecule has 1 saturated heterocycles. The summed E-state index contributed by atoms with van der Waals surface area (Å²) in [5.41, 5.74) is 7.02. The minimum Gasteiger partial charge on any atom is -0.397 e. The summed E-state index contributed by atoms with van der Waals surface area (Å²) in [6, 6.07) is 7.55. The third-order valence-electron chi connectivity index (χ3n) is 5.90. The second-order valence-electron chi connectivity index (χ2n) is 8.34. The van der Waals surface area contributed by atoms with Gasteiger partial charge < -0.3 is 16.4 Å². The Morgan fingerprint density at radius 3 is 2.63 bits per heavy atom. The number of anilines is 3. The lowest BCUT2D eigenvalue weighted by atomic mass is 10.0. The Kier molecular flexibility index (Phi) is 6.76. The Bertz CT molecular complexity index is 1230. The number of rotatable bonds is 8. The molecule has 1 fully saturated rings. The lowest BCUT2D eigenvalue weighted by Gasteiger charge is -2.27. The van der Waals surface area contributed by atoms with E-state index in [0.717, 1.165) is 11.0 Å². The van der Waals surface area contributed by atoms with Crippen molar-refractivity contribution in [1.29, 1.82) is 0 Å². The van der Waals surface area contributed by atoms with Gasteiger partial charge in [-0.05, 0) is 49.6 Å². The van der Waals surface area contributed by atoms with E-state index in [1.807, 2.05) is 0 Å². The Balaban J connectivity index is 1.31. The van der Waals surface area contributed by atoms with Crippen molar-refractivity contribution < 1.29 is 28.4 Å². The molecular weight excluding hydrogens is 457 g/mol. The molecule has 0 aromatic heterocycles. The molecule has 5 N–H and O–H groups in total. The van der Waals surface area contributed by atoms with Crippen molar-refractivity contribution in [1.82, 2.24) is 10.2 Å². The first-order chi connectivity index (χ1) is 16.8. The molecule has 0 saturated carbocycles. The van der Waals surface area contributed by atoms with Crippen molar-refractivity contribution in [2.24, 2.45) is 0 Å². The maximum atomic E-state index is 13.1. The number of fused-ring (bicyclic) bond motifs is 1. The Hall–Kier alpha value is -4.28. The molecule has 5 amide bonds. The first-order valence-electron chi connectivity index (χ1n) is 11.2. The highest BCUT2D eigenvalue weighted by Crippen LogP contribution is 2.32. The lowest BCUT2D eigenvalue weighted by Crippen LogP contribution is -2.54. The number of carbonyl (C=O) groups is 5. The molecule has 1 atom stereocenters. The second kappa shape index (κ2) is 9.92. The van der Waals surface area contributed by atoms with E-state index in [2.05, 4.69) is 16.0 Å². The molecule has 2 aliphatic heterocycles. The average Bonchev–Trinajstić information content (AvgIpc) is 3.06. The fraction of sp³-hybridized carbons (Fsp3) is 0.292. The monoisotopic (exact) mass is 481 g/mol. The summed E-state index contributed by atoms with van der Waals surface area (Å²) in [6.45, 7) is 0.433. The minimum absolute atomic E-state index is 0.0518. The Morgan fingerprint density at radius 1 is 1.09 bits per heavy atom. The van der Waals surface area contributed by atoms with Crippen LogP contribution in [0.25, 0.3) is 0 Å². The van der Waals surface area contributed by atoms with Crippen LogP contribution in [0.2, 0.25) is 0 Å². The summed E-state index contributed by atoms with van der Waals surface area (Å²) in [7, 11) is 0. The van der Waals surface area contributed by atoms with Gasteiger partial charge in [0.1, 0.15) is 11.9 Å². The van der Waals surface area contributed by atoms with Gasteiger partial charge in [0.2, 0.25) is 17.7 Å². The van der Waals surface area contributed by atoms with Crippen LogP contribution in [-0.4, -0.2) is 47.0 Å². The SMILES string of the molecule is Nc1cc(F)ccc1NC(=O)CCCCNc1cccc2c1C(=O)N(C1CCC(=O)NC1=O)C2=O. The van der Waals surface area contributed by atoms with E-state index in [1.165, 1.54) is 18.2 Å². The topological polar surface area (TPSA) is 151 Å². The van der Waals surface area contributed by atoms with Gasteiger partial charge in [-0.3, -0.25) is 34.2 Å². The van der Waals surface area contributed by atoms with Gasteiger partial charge in [0, 0.05) is 25.1 Å². The van der Waals surface area contributed by atoms with Gasteiger partial charge in [0.05, 0.1) is 22.5 Å². The molecule has 0 radical (unpaired) electrons. The lowest BCUT2D eigenvalue weighted by molar-refractivity contribution is -0.136. The first kappa shape index (κ1) is 23.9. The van der Waals surface area contributed by atoms with Gasteiger partial charge in [-0.1, -0.05) is 6.07 Å². The summed E-state index contributed by atoms with van der Waals surface area (Å²) in [6.07, 6.45) is 1.48. The number of hydrogen-bond acceptors (Lipinski definition) is 7. The van der Waals surface area contributed by atoms with Crippen LogP contribution in [0, 0.1) is 5.82 Å². The van der Waals surface area contributed by atoms with Crippen molar-refractivity contribution >= 4 is 46.6 Å². The van der Waals surface area contributed by atoms with Gasteiger partial charge in [0.25, 0.3) is 11.8 Å². The summed E-state index contributed by atoms with van der Waals surface area (Å²) >= 11 is 0. The number of nitrogens with zero attached hydrogens (tertiary/aromatic N) is 1. The van der Waals surface area contributed by atoms with E-state index >= 15 is 0 Å². The molecule has 2 aromatic rings. The fourth-order valence-electron chi connectivity index (χ4n) is 4.16. The van der Waals surface area contributed by atoms with Crippen LogP contribution in [0.4, 0.5) is 21.5 Å². The van der Waals surface area contributed by atoms with E-state index < -0.39 is 35.5 Å². The predicted octanol–water partition coefficient (Wildman–Crippen LogP) is 2.03. The van der Waals surface area contributed by atoms with Crippen molar-refractivity contribution in [2.75, 3.05) is 22.9 Å². The third kappa shape index (κ3) is 4.98. The number of carbonyl (C=O) groups excluding carboxylic acids is 5. The van der Waals surface area contributed by atoms with Crippen LogP contribution in [-0.2, 0) is 14.4 Å². The zero-order chi connectivity index (χ0) is 25.1. The molecule has 2 heterocycles. The van der Waals surface area contributed by atoms with E-state index in [1.54, 1.807) is 12.1 Å². The first-order valence-corrected chi connectivity index (χ1v) is 11.2. The number of unbranched alkanes of at least 4 members (excludes halogenated alkanes) is 1. The standard InChI is InChI=1S/C24H24FN5O5/c25-13-7-8-16(15(26)12-13)28-19(31)6-1-2-11-27-17-5-3-4-14-21(17)24(35)30(23(14)34)18-9-10-20(32)29-22(18)33/h3-5,7-8,12,18,27H,1-2,6,9-11,26H2,(H,28,31)(H,29,32,33). The zero-order valence-corrected chi connectivity index (χ0v) is 18.7. The maximum absolute atomic E-state index is 13.1. The van der Waals surface area contributed by atoms with E-state index in [9.17, 15) is 28.4 Å². The number of hydrogen-bond donors (Lipinski definition) is 4. The van der Waals surface area contributed by atoms with E-state index in [4.69, 9.17) is 5.73 Å². The highest BCUT2D eigenvalue weighted by atomic mass is 19.1. The summed E-state index contributed by atoms with van der Waals surface area (Å²) in [5.74, 6) is -2.99. The summed E-state index contributed by atoms with van der Waals surface area (Å²) in [4.78, 5) is 62.6. The molecule has 10 nitrogen and oxygen atoms in total. The van der Waals surface area contributed by atoms with Gasteiger partial charge in [0.15, 0.2) is 0 Å². The zero-order valence-electron chi connectivity index (χ0n) is 18.7. The van der Waals surface area contributed by atoms with Crippen LogP contribution in [0.1, 0.15) is 52.8 Å². The highest BCUT2D eigenvalue weighted by molar-refractivity contribution is 6.25. The van der Waals surface area contributed by atoms with Crippen LogP contribution in [0.5, 0.6) is 0 Å². The molecule has 11 heteroatoms. The van der Waals surface area contributed by atoms with Crippen LogP contribution >= 0.6 is 0 Å². The van der Waals surface area contributed by atoms with Crippen LogP contribution < -0.4 is 21.7 Å². The largest absolute Gasteiger partial charge is 0.397 e. The molecule has 35 heavy (non-hydrogen) atoms. The van der Waals surface area contributed by atoms with Crippen LogP contribution in [0.15, 0.2) is 36.4 Å². The molecule has 2 aromatic carbocycles. The van der Waals surface area contributed by atoms with E-state index in [-0.39, 0.29) is 42.0 Å². The number of piperidine rings is 1. The molecule has 4 rings (SSSR count). The van der Waals surface area contributed by atoms with Crippen molar-refractivity contribution in [3.05, 3.63) is 53.3 Å². The second-order valence-corrected chi connectivity index (χ2v) is 8.34. The van der Waals surface area contributed by atoms with Gasteiger partial charge in [-0.25, -0.2) is 4.39 Å². The molecule has 0 bridgehead atoms. The van der Waals surface area contributed by atoms with Crippen molar-refractivity contribution in [3.63, 3.8) is 0 Å². The Labute approximate surface area is 200 Å². The van der Waals surface area contributed by atoms with Crippen molar-refractivity contribution in [2.45, 2.75) is 38.1 Å². The predicted molar refractivity (Wildman–Crippen MR) is 125 cm³/mol. The number of amides is 5. The maximum Gasteiger partial charge on any atom is 0.264 e. The normalized spacial score (nSPS) is 17.3. The van der Waals surface area contributed by atoms with Gasteiger partial charge in [-0.15, -0.1) is 0 Å². The molecular formula is C24H24FN5O5. The molecule has 2 aliphatic rings. The Morgan fingerprint density at radius 2 is 1.89 bits per heavy atom. The molecule has 0 spiro atoms.